The number of hydrogen-bond acceptors (Lipinski definition) is 5. The monoisotopic (exact) mass is 440 g/mol. The highest BCUT2D eigenvalue weighted by atomic mass is 16.2. The smallest absolute Gasteiger partial charge is 0.238 e. The second-order valence-electron chi connectivity index (χ2n) is 8.46. The summed E-state index contributed by atoms with van der Waals surface area (Å²) in [6, 6.07) is 20.0. The quantitative estimate of drug-likeness (QED) is 0.511. The van der Waals surface area contributed by atoms with E-state index in [1.807, 2.05) is 60.1 Å². The van der Waals surface area contributed by atoms with Crippen LogP contribution < -0.4 is 10.2 Å². The molecule has 1 N–H and O–H groups in total. The molecule has 4 aromatic rings. The van der Waals surface area contributed by atoms with Crippen LogP contribution in [-0.4, -0.2) is 58.3 Å². The van der Waals surface area contributed by atoms with Gasteiger partial charge in [-0.3, -0.25) is 9.69 Å². The van der Waals surface area contributed by atoms with Gasteiger partial charge in [0.15, 0.2) is 5.82 Å². The Morgan fingerprint density at radius 2 is 1.70 bits per heavy atom. The van der Waals surface area contributed by atoms with Crippen LogP contribution in [0.1, 0.15) is 11.4 Å². The highest BCUT2D eigenvalue weighted by Crippen LogP contribution is 2.27. The third-order valence-corrected chi connectivity index (χ3v) is 6.24. The molecule has 0 spiro atoms. The van der Waals surface area contributed by atoms with Crippen molar-refractivity contribution in [3.8, 4) is 5.82 Å². The molecule has 1 saturated heterocycles. The van der Waals surface area contributed by atoms with Crippen LogP contribution >= 0.6 is 0 Å². The van der Waals surface area contributed by atoms with Gasteiger partial charge in [0.25, 0.3) is 0 Å². The van der Waals surface area contributed by atoms with Crippen molar-refractivity contribution in [3.63, 3.8) is 0 Å². The topological polar surface area (TPSA) is 66.3 Å². The first-order chi connectivity index (χ1) is 16.1. The molecule has 0 radical (unpaired) electrons. The van der Waals surface area contributed by atoms with Crippen molar-refractivity contribution in [1.29, 1.82) is 0 Å². The zero-order valence-electron chi connectivity index (χ0n) is 19.0. The summed E-state index contributed by atoms with van der Waals surface area (Å²) < 4.78 is 1.91. The fourth-order valence-corrected chi connectivity index (χ4v) is 4.65. The second kappa shape index (κ2) is 9.03. The number of aromatic nitrogens is 3. The van der Waals surface area contributed by atoms with E-state index in [9.17, 15) is 4.79 Å². The first kappa shape index (κ1) is 21.2. The number of benzene rings is 2. The summed E-state index contributed by atoms with van der Waals surface area (Å²) in [5.41, 5.74) is 4.12. The van der Waals surface area contributed by atoms with E-state index in [-0.39, 0.29) is 5.91 Å². The molecule has 2 aromatic carbocycles. The maximum absolute atomic E-state index is 12.8. The minimum atomic E-state index is 0.0233. The average molecular weight is 441 g/mol. The van der Waals surface area contributed by atoms with E-state index in [0.717, 1.165) is 59.8 Å². The number of pyridine rings is 1. The number of aryl methyl sites for hydroxylation is 1. The summed E-state index contributed by atoms with van der Waals surface area (Å²) in [4.78, 5) is 21.8. The number of nitrogens with one attached hydrogen (secondary N) is 1. The largest absolute Gasteiger partial charge is 0.366 e. The van der Waals surface area contributed by atoms with E-state index < -0.39 is 0 Å². The molecule has 1 aliphatic heterocycles. The average Bonchev–Trinajstić information content (AvgIpc) is 3.14. The molecule has 0 unspecified atom stereocenters. The normalized spacial score (nSPS) is 14.5. The molecule has 33 heavy (non-hydrogen) atoms. The summed E-state index contributed by atoms with van der Waals surface area (Å²) in [7, 11) is 0. The van der Waals surface area contributed by atoms with Gasteiger partial charge in [0.05, 0.1) is 23.6 Å². The summed E-state index contributed by atoms with van der Waals surface area (Å²) in [6.07, 6.45) is 1.79. The van der Waals surface area contributed by atoms with Crippen LogP contribution in [0.2, 0.25) is 0 Å². The number of anilines is 2. The van der Waals surface area contributed by atoms with Gasteiger partial charge < -0.3 is 10.2 Å². The first-order valence-corrected chi connectivity index (χ1v) is 11.3. The van der Waals surface area contributed by atoms with E-state index >= 15 is 0 Å². The molecule has 5 rings (SSSR count). The number of hydrogen-bond donors (Lipinski definition) is 1. The van der Waals surface area contributed by atoms with Crippen molar-refractivity contribution >= 4 is 28.1 Å². The lowest BCUT2D eigenvalue weighted by Crippen LogP contribution is -2.49. The fourth-order valence-electron chi connectivity index (χ4n) is 4.65. The molecule has 1 aliphatic rings. The number of fused-ring (bicyclic) bond motifs is 1. The van der Waals surface area contributed by atoms with Gasteiger partial charge in [-0.15, -0.1) is 0 Å². The molecule has 168 valence electrons. The Kier molecular flexibility index (Phi) is 5.79. The Hall–Kier alpha value is -3.71. The Morgan fingerprint density at radius 3 is 2.48 bits per heavy atom. The van der Waals surface area contributed by atoms with Crippen molar-refractivity contribution in [1.82, 2.24) is 19.7 Å². The highest BCUT2D eigenvalue weighted by Gasteiger charge is 2.24. The Morgan fingerprint density at radius 1 is 0.939 bits per heavy atom. The Labute approximate surface area is 193 Å². The van der Waals surface area contributed by atoms with Gasteiger partial charge in [0.2, 0.25) is 5.91 Å². The van der Waals surface area contributed by atoms with E-state index in [1.54, 1.807) is 6.20 Å². The van der Waals surface area contributed by atoms with Crippen molar-refractivity contribution < 1.29 is 4.79 Å². The lowest BCUT2D eigenvalue weighted by Gasteiger charge is -2.35. The van der Waals surface area contributed by atoms with E-state index in [1.165, 1.54) is 5.69 Å². The van der Waals surface area contributed by atoms with Gasteiger partial charge in [0, 0.05) is 43.4 Å². The fraction of sp³-hybridized carbons (Fsp3) is 0.269. The Balaban J connectivity index is 1.22. The number of amides is 1. The van der Waals surface area contributed by atoms with Crippen LogP contribution in [0.15, 0.2) is 66.9 Å². The van der Waals surface area contributed by atoms with Crippen LogP contribution in [0.25, 0.3) is 16.6 Å². The van der Waals surface area contributed by atoms with Gasteiger partial charge in [-0.2, -0.15) is 5.10 Å². The van der Waals surface area contributed by atoms with Crippen LogP contribution in [0.5, 0.6) is 0 Å². The summed E-state index contributed by atoms with van der Waals surface area (Å²) >= 11 is 0. The number of nitrogens with zero attached hydrogens (tertiary/aromatic N) is 5. The van der Waals surface area contributed by atoms with Gasteiger partial charge >= 0.3 is 0 Å². The van der Waals surface area contributed by atoms with Crippen molar-refractivity contribution in [3.05, 3.63) is 78.2 Å². The SMILES string of the molecule is Cc1nn(-c2ccccn2)c(C)c1N1CCN(CC(=O)Nc2cccc3ccccc23)CC1. The van der Waals surface area contributed by atoms with E-state index in [4.69, 9.17) is 5.10 Å². The van der Waals surface area contributed by atoms with Crippen LogP contribution in [-0.2, 0) is 4.79 Å². The molecule has 2 aromatic heterocycles. The highest BCUT2D eigenvalue weighted by molar-refractivity contribution is 6.02. The van der Waals surface area contributed by atoms with E-state index in [2.05, 4.69) is 39.2 Å². The van der Waals surface area contributed by atoms with Gasteiger partial charge in [-0.05, 0) is 37.4 Å². The minimum Gasteiger partial charge on any atom is -0.366 e. The van der Waals surface area contributed by atoms with Crippen molar-refractivity contribution in [2.24, 2.45) is 0 Å². The van der Waals surface area contributed by atoms with Crippen molar-refractivity contribution in [2.45, 2.75) is 13.8 Å². The van der Waals surface area contributed by atoms with Crippen molar-refractivity contribution in [2.75, 3.05) is 42.9 Å². The lowest BCUT2D eigenvalue weighted by atomic mass is 10.1. The minimum absolute atomic E-state index is 0.0233. The van der Waals surface area contributed by atoms with Crippen LogP contribution in [0.3, 0.4) is 0 Å². The molecule has 1 amide bonds. The number of piperazine rings is 1. The molecule has 0 bridgehead atoms. The van der Waals surface area contributed by atoms with Crippen LogP contribution in [0, 0.1) is 13.8 Å². The molecule has 7 nitrogen and oxygen atoms in total. The third-order valence-electron chi connectivity index (χ3n) is 6.24. The predicted molar refractivity (Wildman–Crippen MR) is 132 cm³/mol. The maximum Gasteiger partial charge on any atom is 0.238 e. The molecule has 3 heterocycles. The second-order valence-corrected chi connectivity index (χ2v) is 8.46. The molecule has 7 heteroatoms. The molecule has 1 fully saturated rings. The summed E-state index contributed by atoms with van der Waals surface area (Å²) in [5.74, 6) is 0.850. The maximum atomic E-state index is 12.8. The number of rotatable bonds is 5. The first-order valence-electron chi connectivity index (χ1n) is 11.3. The van der Waals surface area contributed by atoms with Gasteiger partial charge in [-0.25, -0.2) is 9.67 Å². The molecular formula is C26H28N6O. The summed E-state index contributed by atoms with van der Waals surface area (Å²) in [5, 5.41) is 10.0. The number of carbonyl (C=O) groups excluding carboxylic acids is 1. The molecular weight excluding hydrogens is 412 g/mol. The standard InChI is InChI=1S/C26H28N6O/c1-19-26(20(2)32(29-19)24-12-5-6-13-27-24)31-16-14-30(15-17-31)18-25(33)28-23-11-7-9-21-8-3-4-10-22(21)23/h3-13H,14-18H2,1-2H3,(H,28,33). The van der Waals surface area contributed by atoms with Gasteiger partial charge in [-0.1, -0.05) is 42.5 Å². The molecule has 0 aliphatic carbocycles. The van der Waals surface area contributed by atoms with Crippen LogP contribution in [0.4, 0.5) is 11.4 Å². The van der Waals surface area contributed by atoms with E-state index in [0.29, 0.717) is 6.54 Å². The molecule has 0 atom stereocenters. The summed E-state index contributed by atoms with van der Waals surface area (Å²) in [6.45, 7) is 7.91. The zero-order valence-corrected chi connectivity index (χ0v) is 19.0. The number of carbonyl (C=O) groups is 1. The zero-order chi connectivity index (χ0) is 22.8. The Bertz CT molecular complexity index is 1270. The third kappa shape index (κ3) is 4.32. The van der Waals surface area contributed by atoms with Gasteiger partial charge in [0.1, 0.15) is 0 Å². The molecule has 0 saturated carbocycles. The lowest BCUT2D eigenvalue weighted by molar-refractivity contribution is -0.117. The predicted octanol–water partition coefficient (Wildman–Crippen LogP) is 3.80.